The molecular weight excluding hydrogens is 506 g/mol. The van der Waals surface area contributed by atoms with E-state index in [2.05, 4.69) is 10.1 Å². The number of hydrogen-bond donors (Lipinski definition) is 0. The van der Waals surface area contributed by atoms with Crippen LogP contribution in [-0.4, -0.2) is 38.4 Å². The predicted octanol–water partition coefficient (Wildman–Crippen LogP) is 5.42. The molecule has 1 amide bonds. The molecule has 0 aliphatic heterocycles. The Balaban J connectivity index is 1.63. The van der Waals surface area contributed by atoms with Crippen LogP contribution in [0.2, 0.25) is 0 Å². The number of para-hydroxylation sites is 1. The van der Waals surface area contributed by atoms with E-state index < -0.39 is 11.5 Å². The van der Waals surface area contributed by atoms with Crippen LogP contribution in [0, 0.1) is 6.92 Å². The molecule has 0 radical (unpaired) electrons. The minimum Gasteiger partial charge on any atom is -0.493 e. The molecule has 192 valence electrons. The maximum absolute atomic E-state index is 13.8. The van der Waals surface area contributed by atoms with Gasteiger partial charge in [0.1, 0.15) is 11.1 Å². The lowest BCUT2D eigenvalue weighted by atomic mass is 10.2. The molecule has 0 aliphatic rings. The van der Waals surface area contributed by atoms with E-state index in [1.807, 2.05) is 25.1 Å². The molecule has 10 heteroatoms. The number of thiazole rings is 1. The van der Waals surface area contributed by atoms with E-state index in [0.29, 0.717) is 44.4 Å². The molecule has 3 aromatic carbocycles. The number of aryl methyl sites for hydroxylation is 1. The van der Waals surface area contributed by atoms with Crippen LogP contribution in [0.3, 0.4) is 0 Å². The molecule has 2 aromatic heterocycles. The summed E-state index contributed by atoms with van der Waals surface area (Å²) in [6, 6.07) is 17.7. The number of benzene rings is 3. The molecule has 0 spiro atoms. The van der Waals surface area contributed by atoms with Crippen LogP contribution in [-0.2, 0) is 0 Å². The summed E-state index contributed by atoms with van der Waals surface area (Å²) in [6.45, 7) is 1.98. The molecular formula is C28H23N3O6S. The second kappa shape index (κ2) is 10.3. The molecule has 0 N–H and O–H groups in total. The van der Waals surface area contributed by atoms with Crippen LogP contribution in [0.25, 0.3) is 21.2 Å². The largest absolute Gasteiger partial charge is 0.493 e. The van der Waals surface area contributed by atoms with Gasteiger partial charge >= 0.3 is 5.63 Å². The van der Waals surface area contributed by atoms with Gasteiger partial charge in [0, 0.05) is 10.9 Å². The third-order valence-electron chi connectivity index (χ3n) is 5.79. The van der Waals surface area contributed by atoms with E-state index in [1.54, 1.807) is 36.4 Å². The standard InChI is InChI=1S/C28H23N3O6S/c1-16-9-10-20-24(11-16)38-28(30-20)31(26(32)19-14-18-7-5-6-8-21(18)37-27(19)33)29-15-17-12-22(34-2)25(36-4)23(13-17)35-3/h5-15H,1-4H3/b29-15+. The van der Waals surface area contributed by atoms with Crippen molar-refractivity contribution in [3.05, 3.63) is 87.8 Å². The molecule has 5 rings (SSSR count). The minimum absolute atomic E-state index is 0.166. The number of hydrazone groups is 1. The van der Waals surface area contributed by atoms with Crippen molar-refractivity contribution >= 4 is 49.8 Å². The van der Waals surface area contributed by atoms with Crippen LogP contribution in [0.15, 0.2) is 75.0 Å². The van der Waals surface area contributed by atoms with Gasteiger partial charge in [0.2, 0.25) is 10.9 Å². The summed E-state index contributed by atoms with van der Waals surface area (Å²) in [5.41, 5.74) is 1.79. The van der Waals surface area contributed by atoms with E-state index in [4.69, 9.17) is 18.6 Å². The second-order valence-corrected chi connectivity index (χ2v) is 9.28. The summed E-state index contributed by atoms with van der Waals surface area (Å²) < 4.78 is 22.5. The molecule has 0 fully saturated rings. The van der Waals surface area contributed by atoms with E-state index in [9.17, 15) is 9.59 Å². The van der Waals surface area contributed by atoms with Crippen LogP contribution >= 0.6 is 11.3 Å². The van der Waals surface area contributed by atoms with Gasteiger partial charge in [-0.1, -0.05) is 35.6 Å². The number of fused-ring (bicyclic) bond motifs is 2. The van der Waals surface area contributed by atoms with E-state index in [-0.39, 0.29) is 5.56 Å². The first-order valence-corrected chi connectivity index (χ1v) is 12.3. The highest BCUT2D eigenvalue weighted by Crippen LogP contribution is 2.38. The quantitative estimate of drug-likeness (QED) is 0.158. The highest BCUT2D eigenvalue weighted by Gasteiger charge is 2.25. The summed E-state index contributed by atoms with van der Waals surface area (Å²) in [5.74, 6) is 0.605. The molecule has 0 atom stereocenters. The van der Waals surface area contributed by atoms with Crippen molar-refractivity contribution in [3.8, 4) is 17.2 Å². The Morgan fingerprint density at radius 3 is 2.45 bits per heavy atom. The van der Waals surface area contributed by atoms with E-state index >= 15 is 0 Å². The monoisotopic (exact) mass is 529 g/mol. The average molecular weight is 530 g/mol. The molecule has 5 aromatic rings. The van der Waals surface area contributed by atoms with Crippen molar-refractivity contribution in [2.24, 2.45) is 5.10 Å². The smallest absolute Gasteiger partial charge is 0.349 e. The van der Waals surface area contributed by atoms with Gasteiger partial charge in [-0.2, -0.15) is 10.1 Å². The second-order valence-electron chi connectivity index (χ2n) is 8.27. The number of nitrogens with zero attached hydrogens (tertiary/aromatic N) is 3. The third kappa shape index (κ3) is 4.69. The van der Waals surface area contributed by atoms with Crippen LogP contribution in [0.1, 0.15) is 21.5 Å². The summed E-state index contributed by atoms with van der Waals surface area (Å²) >= 11 is 1.29. The number of amides is 1. The molecule has 2 heterocycles. The van der Waals surface area contributed by atoms with E-state index in [0.717, 1.165) is 15.3 Å². The van der Waals surface area contributed by atoms with Crippen molar-refractivity contribution < 1.29 is 23.4 Å². The lowest BCUT2D eigenvalue weighted by Crippen LogP contribution is -2.30. The van der Waals surface area contributed by atoms with Crippen molar-refractivity contribution in [2.45, 2.75) is 6.92 Å². The maximum atomic E-state index is 13.8. The zero-order valence-electron chi connectivity index (χ0n) is 21.1. The summed E-state index contributed by atoms with van der Waals surface area (Å²) in [7, 11) is 4.53. The topological polar surface area (TPSA) is 103 Å². The van der Waals surface area contributed by atoms with Gasteiger partial charge in [-0.15, -0.1) is 0 Å². The fraction of sp³-hybridized carbons (Fsp3) is 0.143. The zero-order chi connectivity index (χ0) is 26.8. The average Bonchev–Trinajstić information content (AvgIpc) is 3.34. The Labute approximate surface area is 221 Å². The maximum Gasteiger partial charge on any atom is 0.349 e. The Hall–Kier alpha value is -4.70. The number of hydrogen-bond acceptors (Lipinski definition) is 9. The zero-order valence-corrected chi connectivity index (χ0v) is 21.9. The molecule has 0 saturated heterocycles. The Morgan fingerprint density at radius 2 is 1.74 bits per heavy atom. The van der Waals surface area contributed by atoms with Crippen LogP contribution in [0.5, 0.6) is 17.2 Å². The number of carbonyl (C=O) groups excluding carboxylic acids is 1. The van der Waals surface area contributed by atoms with Gasteiger partial charge in [0.25, 0.3) is 5.91 Å². The molecule has 0 unspecified atom stereocenters. The molecule has 38 heavy (non-hydrogen) atoms. The van der Waals surface area contributed by atoms with Crippen molar-refractivity contribution in [1.82, 2.24) is 4.98 Å². The van der Waals surface area contributed by atoms with Gasteiger partial charge in [0.05, 0.1) is 37.8 Å². The molecule has 0 saturated carbocycles. The SMILES string of the molecule is COc1cc(/C=N/N(C(=O)c2cc3ccccc3oc2=O)c2nc3ccc(C)cc3s2)cc(OC)c1OC. The Bertz CT molecular complexity index is 1730. The fourth-order valence-electron chi connectivity index (χ4n) is 3.92. The summed E-state index contributed by atoms with van der Waals surface area (Å²) in [6.07, 6.45) is 1.46. The van der Waals surface area contributed by atoms with Gasteiger partial charge in [-0.3, -0.25) is 4.79 Å². The van der Waals surface area contributed by atoms with E-state index in [1.165, 1.54) is 44.9 Å². The van der Waals surface area contributed by atoms with Gasteiger partial charge in [-0.05, 0) is 48.9 Å². The Morgan fingerprint density at radius 1 is 1.00 bits per heavy atom. The Kier molecular flexibility index (Phi) is 6.80. The van der Waals surface area contributed by atoms with Crippen LogP contribution in [0.4, 0.5) is 5.13 Å². The van der Waals surface area contributed by atoms with Crippen molar-refractivity contribution in [2.75, 3.05) is 26.3 Å². The number of anilines is 1. The number of ether oxygens (including phenoxy) is 3. The molecule has 9 nitrogen and oxygen atoms in total. The van der Waals surface area contributed by atoms with Gasteiger partial charge in [0.15, 0.2) is 11.5 Å². The number of aromatic nitrogens is 1. The van der Waals surface area contributed by atoms with Gasteiger partial charge < -0.3 is 18.6 Å². The first-order valence-electron chi connectivity index (χ1n) is 11.5. The first-order chi connectivity index (χ1) is 18.4. The van der Waals surface area contributed by atoms with Crippen molar-refractivity contribution in [1.29, 1.82) is 0 Å². The first kappa shape index (κ1) is 25.0. The summed E-state index contributed by atoms with van der Waals surface area (Å²) in [4.78, 5) is 31.2. The number of carbonyl (C=O) groups is 1. The lowest BCUT2D eigenvalue weighted by molar-refractivity contribution is 0.0984. The predicted molar refractivity (Wildman–Crippen MR) is 147 cm³/mol. The lowest BCUT2D eigenvalue weighted by Gasteiger charge is -2.15. The van der Waals surface area contributed by atoms with Crippen LogP contribution < -0.4 is 24.8 Å². The molecule has 0 aliphatic carbocycles. The minimum atomic E-state index is -0.765. The van der Waals surface area contributed by atoms with Crippen molar-refractivity contribution in [3.63, 3.8) is 0 Å². The fourth-order valence-corrected chi connectivity index (χ4v) is 4.94. The normalized spacial score (nSPS) is 11.3. The number of rotatable bonds is 7. The third-order valence-corrected chi connectivity index (χ3v) is 6.78. The highest BCUT2D eigenvalue weighted by molar-refractivity contribution is 7.22. The number of methoxy groups -OCH3 is 3. The van der Waals surface area contributed by atoms with Gasteiger partial charge in [-0.25, -0.2) is 9.78 Å². The highest BCUT2D eigenvalue weighted by atomic mass is 32.1. The molecule has 0 bridgehead atoms. The summed E-state index contributed by atoms with van der Waals surface area (Å²) in [5, 5.41) is 6.47.